The minimum absolute atomic E-state index is 0.218. The fourth-order valence-corrected chi connectivity index (χ4v) is 3.59. The Morgan fingerprint density at radius 2 is 2.00 bits per heavy atom. The van der Waals surface area contributed by atoms with Crippen molar-refractivity contribution in [2.24, 2.45) is 0 Å². The van der Waals surface area contributed by atoms with Gasteiger partial charge in [-0.15, -0.1) is 0 Å². The summed E-state index contributed by atoms with van der Waals surface area (Å²) in [4.78, 5) is 21.8. The van der Waals surface area contributed by atoms with E-state index in [-0.39, 0.29) is 5.41 Å². The van der Waals surface area contributed by atoms with Crippen LogP contribution in [0.25, 0.3) is 6.08 Å². The van der Waals surface area contributed by atoms with Crippen LogP contribution in [0.2, 0.25) is 0 Å². The van der Waals surface area contributed by atoms with E-state index in [1.54, 1.807) is 12.1 Å². The molecule has 204 valence electrons. The first-order valence-corrected chi connectivity index (χ1v) is 12.7. The van der Waals surface area contributed by atoms with Crippen LogP contribution in [0.4, 0.5) is 16.4 Å². The lowest BCUT2D eigenvalue weighted by Gasteiger charge is -2.26. The minimum atomic E-state index is -0.497. The van der Waals surface area contributed by atoms with Gasteiger partial charge in [0.25, 0.3) is 0 Å². The number of aromatic nitrogens is 3. The number of carbonyl (C=O) groups is 1. The van der Waals surface area contributed by atoms with E-state index in [0.717, 1.165) is 50.4 Å². The Labute approximate surface area is 227 Å². The second kappa shape index (κ2) is 12.9. The molecule has 0 unspecified atom stereocenters. The molecule has 0 aliphatic carbocycles. The molecule has 1 saturated heterocycles. The largest absolute Gasteiger partial charge is 0.492 e. The molecule has 39 heavy (non-hydrogen) atoms. The number of urea groups is 1. The molecule has 0 saturated carbocycles. The number of nitrogens with zero attached hydrogens (tertiary/aromatic N) is 3. The normalized spacial score (nSPS) is 14.3. The van der Waals surface area contributed by atoms with Gasteiger partial charge >= 0.3 is 6.03 Å². The Kier molecular flexibility index (Phi) is 9.14. The molecule has 3 aromatic rings. The van der Waals surface area contributed by atoms with Crippen molar-refractivity contribution in [3.05, 3.63) is 59.2 Å². The van der Waals surface area contributed by atoms with Gasteiger partial charge in [-0.2, -0.15) is 0 Å². The molecule has 4 N–H and O–H groups in total. The summed E-state index contributed by atoms with van der Waals surface area (Å²) in [6.07, 6.45) is 4.25. The van der Waals surface area contributed by atoms with Crippen LogP contribution >= 0.6 is 0 Å². The lowest BCUT2D eigenvalue weighted by molar-refractivity contribution is 0.0322. The number of hydrogen-bond acceptors (Lipinski definition) is 8. The van der Waals surface area contributed by atoms with Crippen LogP contribution < -0.4 is 15.4 Å². The molecule has 11 heteroatoms. The number of carbonyl (C=O) groups excluding carboxylic acids is 1. The van der Waals surface area contributed by atoms with Gasteiger partial charge in [-0.3, -0.25) is 15.5 Å². The Balaban J connectivity index is 1.28. The number of morpholine rings is 1. The number of aromatic amines is 1. The quantitative estimate of drug-likeness (QED) is 0.253. The fraction of sp³-hybridized carbons (Fsp3) is 0.357. The third-order valence-electron chi connectivity index (χ3n) is 5.77. The van der Waals surface area contributed by atoms with Gasteiger partial charge in [-0.1, -0.05) is 37.8 Å². The molecule has 1 aromatic carbocycles. The molecular formula is C28H33N7O4. The number of rotatable bonds is 8. The van der Waals surface area contributed by atoms with E-state index < -0.39 is 6.03 Å². The van der Waals surface area contributed by atoms with E-state index in [9.17, 15) is 4.79 Å². The number of H-pyrrole nitrogens is 1. The van der Waals surface area contributed by atoms with Crippen LogP contribution in [0.5, 0.6) is 5.75 Å². The van der Waals surface area contributed by atoms with E-state index in [4.69, 9.17) is 19.4 Å². The molecule has 0 radical (unpaired) electrons. The predicted molar refractivity (Wildman–Crippen MR) is 149 cm³/mol. The third kappa shape index (κ3) is 8.56. The molecule has 1 aliphatic heterocycles. The van der Waals surface area contributed by atoms with Crippen molar-refractivity contribution in [2.45, 2.75) is 26.2 Å². The van der Waals surface area contributed by atoms with Gasteiger partial charge in [0.05, 0.1) is 19.4 Å². The summed E-state index contributed by atoms with van der Waals surface area (Å²) in [6, 6.07) is 8.72. The zero-order valence-electron chi connectivity index (χ0n) is 22.3. The van der Waals surface area contributed by atoms with Gasteiger partial charge < -0.3 is 24.4 Å². The molecule has 1 fully saturated rings. The molecule has 0 spiro atoms. The van der Waals surface area contributed by atoms with E-state index >= 15 is 0 Å². The number of allylic oxidation sites excluding steroid dienone is 1. The summed E-state index contributed by atoms with van der Waals surface area (Å²) in [5.41, 5.74) is 1.03. The van der Waals surface area contributed by atoms with Crippen LogP contribution in [0.15, 0.2) is 46.6 Å². The van der Waals surface area contributed by atoms with Crippen molar-refractivity contribution in [1.82, 2.24) is 20.0 Å². The minimum Gasteiger partial charge on any atom is -0.492 e. The summed E-state index contributed by atoms with van der Waals surface area (Å²) in [5.74, 6) is 8.59. The van der Waals surface area contributed by atoms with Gasteiger partial charge in [0.2, 0.25) is 0 Å². The lowest BCUT2D eigenvalue weighted by Crippen LogP contribution is -2.38. The Morgan fingerprint density at radius 3 is 2.69 bits per heavy atom. The highest BCUT2D eigenvalue weighted by Crippen LogP contribution is 2.24. The van der Waals surface area contributed by atoms with E-state index in [1.165, 1.54) is 6.20 Å². The Hall–Kier alpha value is -4.40. The predicted octanol–water partition coefficient (Wildman–Crippen LogP) is 4.13. The smallest absolute Gasteiger partial charge is 0.326 e. The molecule has 0 bridgehead atoms. The summed E-state index contributed by atoms with van der Waals surface area (Å²) >= 11 is 0. The van der Waals surface area contributed by atoms with Gasteiger partial charge in [-0.05, 0) is 30.3 Å². The summed E-state index contributed by atoms with van der Waals surface area (Å²) in [5, 5.41) is 16.8. The van der Waals surface area contributed by atoms with Crippen LogP contribution in [0.3, 0.4) is 0 Å². The van der Waals surface area contributed by atoms with Crippen molar-refractivity contribution in [3.63, 3.8) is 0 Å². The Morgan fingerprint density at radius 1 is 1.23 bits per heavy atom. The molecule has 11 nitrogen and oxygen atoms in total. The van der Waals surface area contributed by atoms with Gasteiger partial charge in [0.1, 0.15) is 29.8 Å². The zero-order valence-corrected chi connectivity index (χ0v) is 22.3. The highest BCUT2D eigenvalue weighted by molar-refractivity contribution is 5.98. The summed E-state index contributed by atoms with van der Waals surface area (Å²) in [7, 11) is 0. The zero-order chi connectivity index (χ0) is 27.7. The van der Waals surface area contributed by atoms with Crippen LogP contribution in [-0.4, -0.2) is 71.7 Å². The number of anilines is 2. The number of benzene rings is 1. The molecule has 0 atom stereocenters. The van der Waals surface area contributed by atoms with Gasteiger partial charge in [-0.25, -0.2) is 9.78 Å². The second-order valence-electron chi connectivity index (χ2n) is 9.91. The second-order valence-corrected chi connectivity index (χ2v) is 9.91. The average Bonchev–Trinajstić information content (AvgIpc) is 3.57. The molecule has 4 rings (SSSR count). The number of nitrogens with one attached hydrogen (secondary N) is 4. The first-order valence-electron chi connectivity index (χ1n) is 12.7. The molecular weight excluding hydrogens is 498 g/mol. The third-order valence-corrected chi connectivity index (χ3v) is 5.77. The van der Waals surface area contributed by atoms with Crippen molar-refractivity contribution >= 4 is 30.0 Å². The number of amides is 2. The summed E-state index contributed by atoms with van der Waals surface area (Å²) < 4.78 is 16.5. The van der Waals surface area contributed by atoms with Crippen LogP contribution in [0.1, 0.15) is 37.9 Å². The van der Waals surface area contributed by atoms with Crippen molar-refractivity contribution in [2.75, 3.05) is 50.1 Å². The lowest BCUT2D eigenvalue weighted by atomic mass is 9.93. The highest BCUT2D eigenvalue weighted by Gasteiger charge is 2.20. The fourth-order valence-electron chi connectivity index (χ4n) is 3.59. The van der Waals surface area contributed by atoms with E-state index in [2.05, 4.69) is 42.5 Å². The van der Waals surface area contributed by atoms with Gasteiger partial charge in [0.15, 0.2) is 5.82 Å². The van der Waals surface area contributed by atoms with Crippen LogP contribution in [-0.2, 0) is 10.2 Å². The molecule has 2 amide bonds. The first kappa shape index (κ1) is 27.6. The molecule has 3 heterocycles. The van der Waals surface area contributed by atoms with Gasteiger partial charge in [0, 0.05) is 48.5 Å². The number of imidazole rings is 1. The molecule has 1 aliphatic rings. The van der Waals surface area contributed by atoms with Crippen molar-refractivity contribution in [1.29, 1.82) is 5.41 Å². The SMILES string of the molecule is CC(C)(C)c1cc(NC(=O)Nc2cnc(/C=C(/C#Cc3ccc(OCCN4CCOCC4)cc3)C=N)[nH]2)no1. The maximum absolute atomic E-state index is 12.3. The standard InChI is InChI=1S/C28H33N7O4/c1-28(2,3)23-17-25(34-39-23)32-27(36)33-26-19-30-24(31-26)16-21(18-29)5-4-20-6-8-22(9-7-20)38-15-12-35-10-13-37-14-11-35/h6-9,16-19,29H,10-15H2,1-3H3,(H,30,31)(H2,32,33,34,36)/b21-16-,29-18?. The topological polar surface area (TPSA) is 141 Å². The van der Waals surface area contributed by atoms with E-state index in [0.29, 0.717) is 35.4 Å². The number of ether oxygens (including phenoxy) is 2. The summed E-state index contributed by atoms with van der Waals surface area (Å²) in [6.45, 7) is 10.9. The number of hydrogen-bond donors (Lipinski definition) is 4. The maximum atomic E-state index is 12.3. The Bertz CT molecular complexity index is 1350. The maximum Gasteiger partial charge on any atom is 0.326 e. The highest BCUT2D eigenvalue weighted by atomic mass is 16.5. The van der Waals surface area contributed by atoms with Crippen molar-refractivity contribution in [3.8, 4) is 17.6 Å². The van der Waals surface area contributed by atoms with Crippen LogP contribution in [0, 0.1) is 17.3 Å². The molecule has 2 aromatic heterocycles. The first-order chi connectivity index (χ1) is 18.8. The average molecular weight is 532 g/mol. The van der Waals surface area contributed by atoms with Crippen molar-refractivity contribution < 1.29 is 18.8 Å². The van der Waals surface area contributed by atoms with E-state index in [1.807, 2.05) is 45.0 Å². The monoisotopic (exact) mass is 531 g/mol.